The van der Waals surface area contributed by atoms with Crippen LogP contribution in [0.4, 0.5) is 4.39 Å². The Morgan fingerprint density at radius 3 is 2.55 bits per heavy atom. The molecule has 0 saturated carbocycles. The molecule has 0 amide bonds. The second-order valence-corrected chi connectivity index (χ2v) is 4.72. The first-order chi connectivity index (χ1) is 9.65. The number of thioether (sulfide) groups is 1. The number of hydrogen-bond acceptors (Lipinski definition) is 4. The summed E-state index contributed by atoms with van der Waals surface area (Å²) in [6, 6.07) is 11.0. The molecule has 2 aromatic rings. The lowest BCUT2D eigenvalue weighted by molar-refractivity contribution is 0.318. The first-order valence-corrected chi connectivity index (χ1v) is 6.96. The van der Waals surface area contributed by atoms with Crippen molar-refractivity contribution in [2.24, 2.45) is 10.9 Å². The number of nitrogens with two attached hydrogens (primary N) is 1. The molecule has 0 aliphatic heterocycles. The normalized spacial score (nSPS) is 11.4. The Bertz CT molecular complexity index is 630. The molecule has 0 atom stereocenters. The van der Waals surface area contributed by atoms with Crippen molar-refractivity contribution >= 4 is 17.6 Å². The molecule has 0 unspecified atom stereocenters. The lowest BCUT2D eigenvalue weighted by atomic mass is 10.2. The van der Waals surface area contributed by atoms with E-state index < -0.39 is 0 Å². The van der Waals surface area contributed by atoms with Crippen LogP contribution in [0, 0.1) is 5.82 Å². The van der Waals surface area contributed by atoms with Gasteiger partial charge in [0.1, 0.15) is 17.3 Å². The number of nitrogens with zero attached hydrogens (tertiary/aromatic N) is 1. The maximum Gasteiger partial charge on any atom is 0.175 e. The summed E-state index contributed by atoms with van der Waals surface area (Å²) in [5.41, 5.74) is 6.20. The SMILES string of the molecule is CSc1cccc(Oc2ccc(F)cc2)c1/C(N)=N/O. The molecule has 2 rings (SSSR count). The zero-order valence-electron chi connectivity index (χ0n) is 10.7. The number of rotatable bonds is 4. The van der Waals surface area contributed by atoms with Crippen molar-refractivity contribution in [2.45, 2.75) is 4.90 Å². The van der Waals surface area contributed by atoms with Gasteiger partial charge in [0, 0.05) is 4.90 Å². The molecule has 20 heavy (non-hydrogen) atoms. The van der Waals surface area contributed by atoms with Crippen LogP contribution in [0.3, 0.4) is 0 Å². The Labute approximate surface area is 120 Å². The molecule has 0 spiro atoms. The average molecular weight is 292 g/mol. The third kappa shape index (κ3) is 3.03. The van der Waals surface area contributed by atoms with Crippen LogP contribution >= 0.6 is 11.8 Å². The minimum absolute atomic E-state index is 0.0351. The maximum absolute atomic E-state index is 12.9. The topological polar surface area (TPSA) is 67.8 Å². The summed E-state index contributed by atoms with van der Waals surface area (Å²) >= 11 is 1.45. The van der Waals surface area contributed by atoms with Crippen LogP contribution in [0.1, 0.15) is 5.56 Å². The van der Waals surface area contributed by atoms with Crippen LogP contribution in [0.25, 0.3) is 0 Å². The molecule has 0 saturated heterocycles. The Morgan fingerprint density at radius 1 is 1.25 bits per heavy atom. The fourth-order valence-electron chi connectivity index (χ4n) is 1.70. The van der Waals surface area contributed by atoms with Gasteiger partial charge >= 0.3 is 0 Å². The number of halogens is 1. The molecule has 0 aliphatic rings. The molecule has 0 heterocycles. The van der Waals surface area contributed by atoms with E-state index in [1.54, 1.807) is 12.1 Å². The fourth-order valence-corrected chi connectivity index (χ4v) is 2.32. The number of hydrogen-bond donors (Lipinski definition) is 2. The van der Waals surface area contributed by atoms with Crippen molar-refractivity contribution in [3.05, 3.63) is 53.8 Å². The molecule has 0 aliphatic carbocycles. The highest BCUT2D eigenvalue weighted by atomic mass is 32.2. The zero-order chi connectivity index (χ0) is 14.5. The van der Waals surface area contributed by atoms with Gasteiger partial charge in [0.2, 0.25) is 0 Å². The van der Waals surface area contributed by atoms with Gasteiger partial charge in [-0.3, -0.25) is 0 Å². The van der Waals surface area contributed by atoms with Crippen molar-refractivity contribution in [1.82, 2.24) is 0 Å². The molecule has 0 radical (unpaired) electrons. The van der Waals surface area contributed by atoms with E-state index in [0.717, 1.165) is 4.90 Å². The van der Waals surface area contributed by atoms with Gasteiger partial charge in [-0.1, -0.05) is 11.2 Å². The van der Waals surface area contributed by atoms with Crippen molar-refractivity contribution < 1.29 is 14.3 Å². The molecule has 4 nitrogen and oxygen atoms in total. The van der Waals surface area contributed by atoms with Crippen molar-refractivity contribution in [3.8, 4) is 11.5 Å². The number of benzene rings is 2. The Hall–Kier alpha value is -2.21. The summed E-state index contributed by atoms with van der Waals surface area (Å²) in [5, 5.41) is 11.9. The number of oxime groups is 1. The summed E-state index contributed by atoms with van der Waals surface area (Å²) in [6.07, 6.45) is 1.88. The van der Waals surface area contributed by atoms with E-state index in [1.165, 1.54) is 36.0 Å². The van der Waals surface area contributed by atoms with Gasteiger partial charge in [0.15, 0.2) is 5.84 Å². The van der Waals surface area contributed by atoms with Gasteiger partial charge < -0.3 is 15.7 Å². The number of amidine groups is 1. The molecule has 2 aromatic carbocycles. The van der Waals surface area contributed by atoms with Crippen LogP contribution in [-0.4, -0.2) is 17.3 Å². The standard InChI is InChI=1S/C14H13FN2O2S/c1-20-12-4-2-3-11(13(12)14(16)17-18)19-10-7-5-9(15)6-8-10/h2-8,18H,1H3,(H2,16,17). The van der Waals surface area contributed by atoms with E-state index in [9.17, 15) is 4.39 Å². The van der Waals surface area contributed by atoms with Gasteiger partial charge in [-0.05, 0) is 42.7 Å². The van der Waals surface area contributed by atoms with Gasteiger partial charge in [0.25, 0.3) is 0 Å². The highest BCUT2D eigenvalue weighted by molar-refractivity contribution is 7.98. The minimum atomic E-state index is -0.341. The molecule has 104 valence electrons. The summed E-state index contributed by atoms with van der Waals surface area (Å²) < 4.78 is 18.6. The summed E-state index contributed by atoms with van der Waals surface area (Å²) in [6.45, 7) is 0. The van der Waals surface area contributed by atoms with Crippen LogP contribution in [0.2, 0.25) is 0 Å². The Kier molecular flexibility index (Phi) is 4.47. The molecule has 6 heteroatoms. The lowest BCUT2D eigenvalue weighted by Gasteiger charge is -2.13. The first kappa shape index (κ1) is 14.2. The minimum Gasteiger partial charge on any atom is -0.457 e. The second kappa shape index (κ2) is 6.29. The van der Waals surface area contributed by atoms with Crippen molar-refractivity contribution in [2.75, 3.05) is 6.26 Å². The van der Waals surface area contributed by atoms with Crippen LogP contribution in [-0.2, 0) is 0 Å². The Morgan fingerprint density at radius 2 is 1.95 bits per heavy atom. The van der Waals surface area contributed by atoms with Gasteiger partial charge in [-0.15, -0.1) is 11.8 Å². The third-order valence-electron chi connectivity index (χ3n) is 2.61. The van der Waals surface area contributed by atoms with Crippen LogP contribution in [0.5, 0.6) is 11.5 Å². The molecule has 0 bridgehead atoms. The predicted octanol–water partition coefficient (Wildman–Crippen LogP) is 3.43. The van der Waals surface area contributed by atoms with Gasteiger partial charge in [-0.2, -0.15) is 0 Å². The summed E-state index contributed by atoms with van der Waals surface area (Å²) in [7, 11) is 0. The zero-order valence-corrected chi connectivity index (χ0v) is 11.5. The quantitative estimate of drug-likeness (QED) is 0.298. The highest BCUT2D eigenvalue weighted by Gasteiger charge is 2.14. The maximum atomic E-state index is 12.9. The smallest absolute Gasteiger partial charge is 0.175 e. The van der Waals surface area contributed by atoms with Gasteiger partial charge in [-0.25, -0.2) is 4.39 Å². The fraction of sp³-hybridized carbons (Fsp3) is 0.0714. The predicted molar refractivity (Wildman–Crippen MR) is 77.2 cm³/mol. The molecular weight excluding hydrogens is 279 g/mol. The first-order valence-electron chi connectivity index (χ1n) is 5.74. The highest BCUT2D eigenvalue weighted by Crippen LogP contribution is 2.32. The van der Waals surface area contributed by atoms with E-state index in [2.05, 4.69) is 5.16 Å². The van der Waals surface area contributed by atoms with Gasteiger partial charge in [0.05, 0.1) is 5.56 Å². The van der Waals surface area contributed by atoms with Crippen molar-refractivity contribution in [3.63, 3.8) is 0 Å². The van der Waals surface area contributed by atoms with Crippen LogP contribution < -0.4 is 10.5 Å². The van der Waals surface area contributed by atoms with E-state index in [1.807, 2.05) is 12.3 Å². The largest absolute Gasteiger partial charge is 0.457 e. The monoisotopic (exact) mass is 292 g/mol. The molecular formula is C14H13FN2O2S. The van der Waals surface area contributed by atoms with E-state index in [4.69, 9.17) is 15.7 Å². The van der Waals surface area contributed by atoms with Crippen LogP contribution in [0.15, 0.2) is 52.5 Å². The van der Waals surface area contributed by atoms with E-state index in [0.29, 0.717) is 17.1 Å². The average Bonchev–Trinajstić information content (AvgIpc) is 2.48. The molecule has 3 N–H and O–H groups in total. The summed E-state index contributed by atoms with van der Waals surface area (Å²) in [5.74, 6) is 0.536. The van der Waals surface area contributed by atoms with Crippen molar-refractivity contribution in [1.29, 1.82) is 0 Å². The summed E-state index contributed by atoms with van der Waals surface area (Å²) in [4.78, 5) is 0.819. The Balaban J connectivity index is 2.43. The lowest BCUT2D eigenvalue weighted by Crippen LogP contribution is -2.15. The molecule has 0 fully saturated rings. The molecule has 0 aromatic heterocycles. The van der Waals surface area contributed by atoms with E-state index >= 15 is 0 Å². The third-order valence-corrected chi connectivity index (χ3v) is 3.39. The second-order valence-electron chi connectivity index (χ2n) is 3.87. The van der Waals surface area contributed by atoms with E-state index in [-0.39, 0.29) is 11.7 Å². The number of ether oxygens (including phenoxy) is 1.